The van der Waals surface area contributed by atoms with Gasteiger partial charge in [0, 0.05) is 13.0 Å². The maximum Gasteiger partial charge on any atom is 0.230 e. The average Bonchev–Trinajstić information content (AvgIpc) is 2.78. The van der Waals surface area contributed by atoms with E-state index < -0.39 is 0 Å². The van der Waals surface area contributed by atoms with E-state index in [2.05, 4.69) is 27.5 Å². The van der Waals surface area contributed by atoms with Gasteiger partial charge in [-0.1, -0.05) is 6.92 Å². The molecule has 0 spiro atoms. The molecule has 1 aliphatic rings. The highest BCUT2D eigenvalue weighted by Crippen LogP contribution is 2.14. The van der Waals surface area contributed by atoms with Crippen molar-refractivity contribution in [3.63, 3.8) is 0 Å². The van der Waals surface area contributed by atoms with E-state index in [0.717, 1.165) is 50.3 Å². The second kappa shape index (κ2) is 6.12. The topological polar surface area (TPSA) is 54.2 Å². The zero-order chi connectivity index (χ0) is 12.1. The van der Waals surface area contributed by atoms with Gasteiger partial charge in [0.25, 0.3) is 0 Å². The van der Waals surface area contributed by atoms with Crippen LogP contribution in [0.2, 0.25) is 0 Å². The molecule has 0 unspecified atom stereocenters. The van der Waals surface area contributed by atoms with Crippen LogP contribution in [0.5, 0.6) is 0 Å². The van der Waals surface area contributed by atoms with Gasteiger partial charge in [-0.3, -0.25) is 4.90 Å². The molecule has 1 N–H and O–H groups in total. The largest absolute Gasteiger partial charge is 0.424 e. The summed E-state index contributed by atoms with van der Waals surface area (Å²) < 4.78 is 5.52. The van der Waals surface area contributed by atoms with Gasteiger partial charge in [-0.2, -0.15) is 0 Å². The zero-order valence-electron chi connectivity index (χ0n) is 10.8. The van der Waals surface area contributed by atoms with Crippen LogP contribution in [0.1, 0.15) is 31.5 Å². The Labute approximate surface area is 103 Å². The third kappa shape index (κ3) is 3.78. The molecule has 0 saturated carbocycles. The highest BCUT2D eigenvalue weighted by molar-refractivity contribution is 4.81. The van der Waals surface area contributed by atoms with Crippen molar-refractivity contribution in [3.05, 3.63) is 11.8 Å². The molecule has 1 aliphatic heterocycles. The molecule has 17 heavy (non-hydrogen) atoms. The SMILES string of the molecule is CCc1nnc(CN(C)CC2CCNCC2)o1. The fourth-order valence-electron chi connectivity index (χ4n) is 2.30. The van der Waals surface area contributed by atoms with E-state index in [1.807, 2.05) is 6.92 Å². The van der Waals surface area contributed by atoms with Crippen molar-refractivity contribution in [2.24, 2.45) is 5.92 Å². The van der Waals surface area contributed by atoms with E-state index in [1.165, 1.54) is 12.8 Å². The second-order valence-corrected chi connectivity index (χ2v) is 4.83. The second-order valence-electron chi connectivity index (χ2n) is 4.83. The number of nitrogens with one attached hydrogen (secondary N) is 1. The van der Waals surface area contributed by atoms with Crippen LogP contribution < -0.4 is 5.32 Å². The van der Waals surface area contributed by atoms with Crippen LogP contribution >= 0.6 is 0 Å². The van der Waals surface area contributed by atoms with Crippen LogP contribution in [-0.2, 0) is 13.0 Å². The van der Waals surface area contributed by atoms with Crippen LogP contribution in [-0.4, -0.2) is 41.8 Å². The summed E-state index contributed by atoms with van der Waals surface area (Å²) in [6.07, 6.45) is 3.35. The van der Waals surface area contributed by atoms with Crippen molar-refractivity contribution in [1.82, 2.24) is 20.4 Å². The van der Waals surface area contributed by atoms with Gasteiger partial charge in [0.2, 0.25) is 11.8 Å². The first kappa shape index (κ1) is 12.5. The molecule has 1 aromatic rings. The third-order valence-electron chi connectivity index (χ3n) is 3.24. The van der Waals surface area contributed by atoms with Gasteiger partial charge in [-0.25, -0.2) is 0 Å². The van der Waals surface area contributed by atoms with Crippen molar-refractivity contribution in [2.75, 3.05) is 26.7 Å². The molecule has 0 bridgehead atoms. The highest BCUT2D eigenvalue weighted by Gasteiger charge is 2.16. The number of nitrogens with zero attached hydrogens (tertiary/aromatic N) is 3. The molecule has 0 radical (unpaired) electrons. The fourth-order valence-corrected chi connectivity index (χ4v) is 2.30. The van der Waals surface area contributed by atoms with E-state index in [4.69, 9.17) is 4.42 Å². The summed E-state index contributed by atoms with van der Waals surface area (Å²) in [7, 11) is 2.12. The van der Waals surface area contributed by atoms with Crippen molar-refractivity contribution in [1.29, 1.82) is 0 Å². The molecular weight excluding hydrogens is 216 g/mol. The summed E-state index contributed by atoms with van der Waals surface area (Å²) in [5.74, 6) is 2.27. The molecule has 0 amide bonds. The molecule has 2 rings (SSSR count). The predicted octanol–water partition coefficient (Wildman–Crippen LogP) is 1.06. The number of aryl methyl sites for hydroxylation is 1. The van der Waals surface area contributed by atoms with Crippen LogP contribution in [0.4, 0.5) is 0 Å². The Kier molecular flexibility index (Phi) is 4.50. The van der Waals surface area contributed by atoms with E-state index in [-0.39, 0.29) is 0 Å². The van der Waals surface area contributed by atoms with Crippen molar-refractivity contribution < 1.29 is 4.42 Å². The fraction of sp³-hybridized carbons (Fsp3) is 0.833. The van der Waals surface area contributed by atoms with Crippen molar-refractivity contribution in [2.45, 2.75) is 32.7 Å². The molecule has 0 aromatic carbocycles. The molecule has 0 aliphatic carbocycles. The first-order chi connectivity index (χ1) is 8.28. The normalized spacial score (nSPS) is 17.8. The molecule has 1 aromatic heterocycles. The zero-order valence-corrected chi connectivity index (χ0v) is 10.8. The van der Waals surface area contributed by atoms with E-state index in [1.54, 1.807) is 0 Å². The number of hydrogen-bond acceptors (Lipinski definition) is 5. The monoisotopic (exact) mass is 238 g/mol. The molecule has 1 fully saturated rings. The Morgan fingerprint density at radius 1 is 1.29 bits per heavy atom. The Morgan fingerprint density at radius 3 is 2.65 bits per heavy atom. The first-order valence-corrected chi connectivity index (χ1v) is 6.48. The van der Waals surface area contributed by atoms with Gasteiger partial charge >= 0.3 is 0 Å². The highest BCUT2D eigenvalue weighted by atomic mass is 16.4. The van der Waals surface area contributed by atoms with E-state index in [9.17, 15) is 0 Å². The van der Waals surface area contributed by atoms with Crippen molar-refractivity contribution >= 4 is 0 Å². The maximum atomic E-state index is 5.52. The van der Waals surface area contributed by atoms with Crippen LogP contribution in [0.25, 0.3) is 0 Å². The first-order valence-electron chi connectivity index (χ1n) is 6.48. The minimum Gasteiger partial charge on any atom is -0.424 e. The summed E-state index contributed by atoms with van der Waals surface area (Å²) in [5, 5.41) is 11.4. The summed E-state index contributed by atoms with van der Waals surface area (Å²) in [5.41, 5.74) is 0. The van der Waals surface area contributed by atoms with E-state index in [0.29, 0.717) is 0 Å². The molecular formula is C12H22N4O. The van der Waals surface area contributed by atoms with Gasteiger partial charge in [0.1, 0.15) is 0 Å². The van der Waals surface area contributed by atoms with Gasteiger partial charge in [-0.05, 0) is 38.9 Å². The molecule has 96 valence electrons. The summed E-state index contributed by atoms with van der Waals surface area (Å²) in [4.78, 5) is 2.28. The van der Waals surface area contributed by atoms with E-state index >= 15 is 0 Å². The van der Waals surface area contributed by atoms with Gasteiger partial charge in [0.15, 0.2) is 0 Å². The number of hydrogen-bond donors (Lipinski definition) is 1. The standard InChI is InChI=1S/C12H22N4O/c1-3-11-14-15-12(17-11)9-16(2)8-10-4-6-13-7-5-10/h10,13H,3-9H2,1-2H3. The molecule has 0 atom stereocenters. The number of rotatable bonds is 5. The summed E-state index contributed by atoms with van der Waals surface area (Å²) >= 11 is 0. The molecule has 2 heterocycles. The Bertz CT molecular complexity index is 333. The lowest BCUT2D eigenvalue weighted by molar-refractivity contribution is 0.217. The average molecular weight is 238 g/mol. The molecule has 5 heteroatoms. The lowest BCUT2D eigenvalue weighted by Crippen LogP contribution is -2.34. The Morgan fingerprint density at radius 2 is 2.00 bits per heavy atom. The quantitative estimate of drug-likeness (QED) is 0.831. The van der Waals surface area contributed by atoms with Crippen molar-refractivity contribution in [3.8, 4) is 0 Å². The smallest absolute Gasteiger partial charge is 0.230 e. The Hall–Kier alpha value is -0.940. The van der Waals surface area contributed by atoms with Gasteiger partial charge < -0.3 is 9.73 Å². The van der Waals surface area contributed by atoms with Crippen LogP contribution in [0.3, 0.4) is 0 Å². The summed E-state index contributed by atoms with van der Waals surface area (Å²) in [6.45, 7) is 6.20. The minimum absolute atomic E-state index is 0.732. The van der Waals surface area contributed by atoms with Crippen LogP contribution in [0, 0.1) is 5.92 Å². The Balaban J connectivity index is 1.77. The number of piperidine rings is 1. The van der Waals surface area contributed by atoms with Crippen LogP contribution in [0.15, 0.2) is 4.42 Å². The third-order valence-corrected chi connectivity index (χ3v) is 3.24. The maximum absolute atomic E-state index is 5.52. The lowest BCUT2D eigenvalue weighted by atomic mass is 9.98. The van der Waals surface area contributed by atoms with Gasteiger partial charge in [-0.15, -0.1) is 10.2 Å². The lowest BCUT2D eigenvalue weighted by Gasteiger charge is -2.26. The molecule has 5 nitrogen and oxygen atoms in total. The van der Waals surface area contributed by atoms with Gasteiger partial charge in [0.05, 0.1) is 6.54 Å². The minimum atomic E-state index is 0.732. The predicted molar refractivity (Wildman–Crippen MR) is 65.6 cm³/mol. The summed E-state index contributed by atoms with van der Waals surface area (Å²) in [6, 6.07) is 0. The number of aromatic nitrogens is 2. The molecule has 1 saturated heterocycles.